The summed E-state index contributed by atoms with van der Waals surface area (Å²) >= 11 is 1.48. The predicted molar refractivity (Wildman–Crippen MR) is 130 cm³/mol. The fraction of sp³-hybridized carbons (Fsp3) is 0.440. The summed E-state index contributed by atoms with van der Waals surface area (Å²) in [5.41, 5.74) is 8.43. The SMILES string of the molecule is Cc1cc(C)c(-n2c(C)cc(/C=C3/SC(=NC(C)C)N(C(C)C)C3=O)c2C)c(C)c1. The van der Waals surface area contributed by atoms with E-state index in [1.165, 1.54) is 39.8 Å². The van der Waals surface area contributed by atoms with Gasteiger partial charge in [-0.25, -0.2) is 0 Å². The molecule has 0 radical (unpaired) electrons. The van der Waals surface area contributed by atoms with Gasteiger partial charge in [-0.3, -0.25) is 14.7 Å². The van der Waals surface area contributed by atoms with E-state index < -0.39 is 0 Å². The van der Waals surface area contributed by atoms with Crippen molar-refractivity contribution in [3.05, 3.63) is 56.7 Å². The van der Waals surface area contributed by atoms with E-state index in [4.69, 9.17) is 0 Å². The van der Waals surface area contributed by atoms with Gasteiger partial charge < -0.3 is 4.57 Å². The van der Waals surface area contributed by atoms with Crippen LogP contribution in [0.5, 0.6) is 0 Å². The highest BCUT2D eigenvalue weighted by molar-refractivity contribution is 8.18. The minimum absolute atomic E-state index is 0.0434. The van der Waals surface area contributed by atoms with Crippen LogP contribution < -0.4 is 0 Å². The molecule has 0 bridgehead atoms. The van der Waals surface area contributed by atoms with E-state index in [-0.39, 0.29) is 18.0 Å². The van der Waals surface area contributed by atoms with Crippen LogP contribution in [0.4, 0.5) is 0 Å². The number of hydrogen-bond acceptors (Lipinski definition) is 3. The summed E-state index contributed by atoms with van der Waals surface area (Å²) in [6, 6.07) is 6.86. The molecule has 0 saturated carbocycles. The second kappa shape index (κ2) is 8.46. The molecule has 3 rings (SSSR count). The number of amidine groups is 1. The lowest BCUT2D eigenvalue weighted by Crippen LogP contribution is -2.35. The van der Waals surface area contributed by atoms with E-state index in [0.717, 1.165) is 21.3 Å². The van der Waals surface area contributed by atoms with E-state index in [1.807, 2.05) is 38.7 Å². The van der Waals surface area contributed by atoms with Gasteiger partial charge in [0.2, 0.25) is 0 Å². The van der Waals surface area contributed by atoms with Crippen molar-refractivity contribution in [1.29, 1.82) is 0 Å². The molecule has 5 heteroatoms. The molecule has 0 aliphatic carbocycles. The Morgan fingerprint density at radius 3 is 2.10 bits per heavy atom. The summed E-state index contributed by atoms with van der Waals surface area (Å²) in [6.45, 7) is 18.9. The second-order valence-corrected chi connectivity index (χ2v) is 9.80. The van der Waals surface area contributed by atoms with Crippen LogP contribution in [0, 0.1) is 34.6 Å². The van der Waals surface area contributed by atoms with Crippen molar-refractivity contribution in [2.45, 2.75) is 74.4 Å². The van der Waals surface area contributed by atoms with E-state index in [0.29, 0.717) is 0 Å². The number of aliphatic imine (C=N–C) groups is 1. The Morgan fingerprint density at radius 1 is 0.967 bits per heavy atom. The highest BCUT2D eigenvalue weighted by Crippen LogP contribution is 2.36. The number of carbonyl (C=O) groups is 1. The number of aromatic nitrogens is 1. The molecule has 1 aromatic carbocycles. The summed E-state index contributed by atoms with van der Waals surface area (Å²) in [7, 11) is 0. The Bertz CT molecular complexity index is 1030. The van der Waals surface area contributed by atoms with Gasteiger partial charge in [0.05, 0.1) is 10.6 Å². The van der Waals surface area contributed by atoms with Gasteiger partial charge in [-0.1, -0.05) is 17.7 Å². The molecule has 1 aliphatic heterocycles. The van der Waals surface area contributed by atoms with Gasteiger partial charge in [0.1, 0.15) is 0 Å². The van der Waals surface area contributed by atoms with Gasteiger partial charge in [-0.05, 0) is 103 Å². The van der Waals surface area contributed by atoms with Crippen molar-refractivity contribution in [2.24, 2.45) is 4.99 Å². The zero-order chi connectivity index (χ0) is 22.3. The van der Waals surface area contributed by atoms with E-state index >= 15 is 0 Å². The summed E-state index contributed by atoms with van der Waals surface area (Å²) < 4.78 is 2.31. The topological polar surface area (TPSA) is 37.6 Å². The molecular formula is C25H33N3OS. The maximum atomic E-state index is 13.1. The first-order valence-corrected chi connectivity index (χ1v) is 11.4. The summed E-state index contributed by atoms with van der Waals surface area (Å²) in [5, 5.41) is 0.801. The quantitative estimate of drug-likeness (QED) is 0.557. The molecular weight excluding hydrogens is 390 g/mol. The molecule has 2 heterocycles. The molecule has 2 aromatic rings. The lowest BCUT2D eigenvalue weighted by Gasteiger charge is -2.20. The molecule has 160 valence electrons. The highest BCUT2D eigenvalue weighted by Gasteiger charge is 2.35. The monoisotopic (exact) mass is 423 g/mol. The Labute approximate surface area is 185 Å². The molecule has 0 unspecified atom stereocenters. The number of hydrogen-bond donors (Lipinski definition) is 0. The Kier molecular flexibility index (Phi) is 6.32. The van der Waals surface area contributed by atoms with Gasteiger partial charge in [0.25, 0.3) is 5.91 Å². The smallest absolute Gasteiger partial charge is 0.266 e. The molecule has 4 nitrogen and oxygen atoms in total. The standard InChI is InChI=1S/C25H33N3OS/c1-14(2)26-25-27(15(3)4)24(29)22(30-25)13-21-12-19(8)28(20(21)9)23-17(6)10-16(5)11-18(23)7/h10-15H,1-9H3/b22-13+,26-25?. The third kappa shape index (κ3) is 4.13. The Morgan fingerprint density at radius 2 is 1.57 bits per heavy atom. The fourth-order valence-corrected chi connectivity index (χ4v) is 5.42. The van der Waals surface area contributed by atoms with Gasteiger partial charge in [0, 0.05) is 23.5 Å². The summed E-state index contributed by atoms with van der Waals surface area (Å²) in [6.07, 6.45) is 2.03. The van der Waals surface area contributed by atoms with Crippen LogP contribution in [-0.4, -0.2) is 32.6 Å². The van der Waals surface area contributed by atoms with E-state index in [9.17, 15) is 4.79 Å². The summed E-state index contributed by atoms with van der Waals surface area (Å²) in [5.74, 6) is 0.0434. The van der Waals surface area contributed by atoms with Crippen molar-refractivity contribution in [3.63, 3.8) is 0 Å². The Balaban J connectivity index is 2.08. The zero-order valence-electron chi connectivity index (χ0n) is 19.6. The molecule has 1 fully saturated rings. The van der Waals surface area contributed by atoms with Crippen molar-refractivity contribution >= 4 is 28.9 Å². The highest BCUT2D eigenvalue weighted by atomic mass is 32.2. The number of amides is 1. The minimum atomic E-state index is 0.0434. The van der Waals surface area contributed by atoms with Crippen LogP contribution in [0.2, 0.25) is 0 Å². The van der Waals surface area contributed by atoms with Crippen LogP contribution in [0.3, 0.4) is 0 Å². The van der Waals surface area contributed by atoms with Gasteiger partial charge in [0.15, 0.2) is 5.17 Å². The van der Waals surface area contributed by atoms with Gasteiger partial charge in [-0.2, -0.15) is 0 Å². The first-order valence-electron chi connectivity index (χ1n) is 10.6. The van der Waals surface area contributed by atoms with E-state index in [1.54, 1.807) is 0 Å². The van der Waals surface area contributed by atoms with Crippen LogP contribution in [0.25, 0.3) is 11.8 Å². The van der Waals surface area contributed by atoms with Crippen LogP contribution in [0.15, 0.2) is 28.1 Å². The lowest BCUT2D eigenvalue weighted by molar-refractivity contribution is -0.123. The number of thioether (sulfide) groups is 1. The number of nitrogens with zero attached hydrogens (tertiary/aromatic N) is 3. The number of aryl methyl sites for hydroxylation is 4. The molecule has 1 aromatic heterocycles. The summed E-state index contributed by atoms with van der Waals surface area (Å²) in [4.78, 5) is 20.3. The van der Waals surface area contributed by atoms with Crippen LogP contribution in [0.1, 0.15) is 61.3 Å². The van der Waals surface area contributed by atoms with Crippen molar-refractivity contribution in [2.75, 3.05) is 0 Å². The van der Waals surface area contributed by atoms with Gasteiger partial charge >= 0.3 is 0 Å². The van der Waals surface area contributed by atoms with Crippen LogP contribution in [-0.2, 0) is 4.79 Å². The average molecular weight is 424 g/mol. The van der Waals surface area contributed by atoms with E-state index in [2.05, 4.69) is 62.4 Å². The lowest BCUT2D eigenvalue weighted by atomic mass is 10.0. The molecule has 0 atom stereocenters. The predicted octanol–water partition coefficient (Wildman–Crippen LogP) is 6.11. The largest absolute Gasteiger partial charge is 0.317 e. The maximum Gasteiger partial charge on any atom is 0.266 e. The average Bonchev–Trinajstić information content (AvgIpc) is 3.04. The maximum absolute atomic E-state index is 13.1. The minimum Gasteiger partial charge on any atom is -0.317 e. The third-order valence-electron chi connectivity index (χ3n) is 5.34. The van der Waals surface area contributed by atoms with Crippen molar-refractivity contribution in [1.82, 2.24) is 9.47 Å². The number of rotatable bonds is 4. The molecule has 1 amide bonds. The van der Waals surface area contributed by atoms with Crippen molar-refractivity contribution < 1.29 is 4.79 Å². The second-order valence-electron chi connectivity index (χ2n) is 8.79. The Hall–Kier alpha value is -2.27. The molecule has 1 aliphatic rings. The number of benzene rings is 1. The van der Waals surface area contributed by atoms with Gasteiger partial charge in [-0.15, -0.1) is 0 Å². The molecule has 0 spiro atoms. The number of carbonyl (C=O) groups excluding carboxylic acids is 1. The normalized spacial score (nSPS) is 17.4. The zero-order valence-corrected chi connectivity index (χ0v) is 20.4. The first kappa shape index (κ1) is 22.4. The third-order valence-corrected chi connectivity index (χ3v) is 6.33. The molecule has 0 N–H and O–H groups in total. The fourth-order valence-electron chi connectivity index (χ4n) is 4.20. The van der Waals surface area contributed by atoms with Crippen LogP contribution >= 0.6 is 11.8 Å². The molecule has 1 saturated heterocycles. The molecule has 30 heavy (non-hydrogen) atoms. The van der Waals surface area contributed by atoms with Crippen molar-refractivity contribution in [3.8, 4) is 5.69 Å². The first-order chi connectivity index (χ1) is 14.0.